The second-order valence-corrected chi connectivity index (χ2v) is 4.73. The molecule has 1 atom stereocenters. The Hall–Kier alpha value is -0.560. The van der Waals surface area contributed by atoms with E-state index in [1.165, 1.54) is 32.4 Å². The van der Waals surface area contributed by atoms with Crippen LogP contribution in [0.15, 0.2) is 0 Å². The number of likely N-dealkylation sites (tertiary alicyclic amines) is 1. The molecule has 1 heterocycles. The van der Waals surface area contributed by atoms with E-state index in [9.17, 15) is 0 Å². The Bertz CT molecular complexity index is 238. The number of nitrogens with two attached hydrogens (primary N) is 1. The predicted octanol–water partition coefficient (Wildman–Crippen LogP) is 1.62. The van der Waals surface area contributed by atoms with Gasteiger partial charge < -0.3 is 15.4 Å². The van der Waals surface area contributed by atoms with Crippen molar-refractivity contribution >= 4 is 0 Å². The highest BCUT2D eigenvalue weighted by Crippen LogP contribution is 2.08. The van der Waals surface area contributed by atoms with Gasteiger partial charge in [-0.15, -0.1) is 11.8 Å². The average molecular weight is 238 g/mol. The van der Waals surface area contributed by atoms with Crippen LogP contribution in [0.5, 0.6) is 0 Å². The summed E-state index contributed by atoms with van der Waals surface area (Å²) in [7, 11) is 0. The molecule has 3 heteroatoms. The number of rotatable bonds is 7. The van der Waals surface area contributed by atoms with Gasteiger partial charge in [-0.3, -0.25) is 0 Å². The lowest BCUT2D eigenvalue weighted by atomic mass is 10.1. The first kappa shape index (κ1) is 14.5. The molecule has 0 bridgehead atoms. The Kier molecular flexibility index (Phi) is 8.08. The van der Waals surface area contributed by atoms with Crippen molar-refractivity contribution in [3.05, 3.63) is 0 Å². The Morgan fingerprint density at radius 3 is 2.76 bits per heavy atom. The predicted molar refractivity (Wildman–Crippen MR) is 71.8 cm³/mol. The smallest absolute Gasteiger partial charge is 0.0630 e. The molecule has 3 nitrogen and oxygen atoms in total. The van der Waals surface area contributed by atoms with Crippen molar-refractivity contribution in [3.63, 3.8) is 0 Å². The molecule has 1 fully saturated rings. The summed E-state index contributed by atoms with van der Waals surface area (Å²) in [6.07, 6.45) is 5.96. The maximum absolute atomic E-state index is 6.05. The van der Waals surface area contributed by atoms with Gasteiger partial charge in [0, 0.05) is 25.6 Å². The summed E-state index contributed by atoms with van der Waals surface area (Å²) in [5.74, 6) is 5.92. The first-order chi connectivity index (χ1) is 8.33. The van der Waals surface area contributed by atoms with E-state index in [2.05, 4.69) is 16.7 Å². The van der Waals surface area contributed by atoms with Gasteiger partial charge in [0.2, 0.25) is 0 Å². The quantitative estimate of drug-likeness (QED) is 0.541. The van der Waals surface area contributed by atoms with Crippen LogP contribution in [0.2, 0.25) is 0 Å². The molecule has 1 rings (SSSR count). The molecular formula is C14H26N2O. The second-order valence-electron chi connectivity index (χ2n) is 4.73. The van der Waals surface area contributed by atoms with Crippen molar-refractivity contribution in [2.24, 2.45) is 5.73 Å². The van der Waals surface area contributed by atoms with E-state index in [0.717, 1.165) is 26.0 Å². The van der Waals surface area contributed by atoms with Gasteiger partial charge in [-0.05, 0) is 39.3 Å². The molecule has 0 aromatic carbocycles. The molecule has 0 aromatic rings. The summed E-state index contributed by atoms with van der Waals surface area (Å²) < 4.78 is 5.56. The summed E-state index contributed by atoms with van der Waals surface area (Å²) in [5, 5.41) is 0. The van der Waals surface area contributed by atoms with E-state index >= 15 is 0 Å². The normalized spacial score (nSPS) is 18.5. The molecule has 1 unspecified atom stereocenters. The maximum atomic E-state index is 6.05. The molecule has 0 aliphatic carbocycles. The molecule has 0 aromatic heterocycles. The lowest BCUT2D eigenvalue weighted by Gasteiger charge is -2.28. The van der Waals surface area contributed by atoms with Crippen LogP contribution in [0.3, 0.4) is 0 Å². The Balaban J connectivity index is 1.96. The second kappa shape index (κ2) is 9.47. The summed E-state index contributed by atoms with van der Waals surface area (Å²) in [6.45, 7) is 6.72. The van der Waals surface area contributed by atoms with Crippen molar-refractivity contribution in [1.29, 1.82) is 0 Å². The standard InChI is InChI=1S/C14H26N2O/c1-2-3-4-8-11-17-13-14(15)12-16-9-6-5-7-10-16/h14H,4-13,15H2,1H3. The van der Waals surface area contributed by atoms with Crippen molar-refractivity contribution < 1.29 is 4.74 Å². The molecular weight excluding hydrogens is 212 g/mol. The number of nitrogens with zero attached hydrogens (tertiary/aromatic N) is 1. The minimum atomic E-state index is 0.158. The van der Waals surface area contributed by atoms with Crippen LogP contribution in [-0.4, -0.2) is 43.8 Å². The lowest BCUT2D eigenvalue weighted by molar-refractivity contribution is 0.102. The summed E-state index contributed by atoms with van der Waals surface area (Å²) in [6, 6.07) is 0.158. The first-order valence-corrected chi connectivity index (χ1v) is 6.78. The minimum Gasteiger partial charge on any atom is -0.380 e. The molecule has 17 heavy (non-hydrogen) atoms. The van der Waals surface area contributed by atoms with Crippen molar-refractivity contribution in [3.8, 4) is 11.8 Å². The van der Waals surface area contributed by atoms with Gasteiger partial charge in [0.1, 0.15) is 0 Å². The SMILES string of the molecule is CC#CCCCOCC(N)CN1CCCCC1. The maximum Gasteiger partial charge on any atom is 0.0630 e. The summed E-state index contributed by atoms with van der Waals surface area (Å²) in [4.78, 5) is 2.46. The Labute approximate surface area is 106 Å². The van der Waals surface area contributed by atoms with Crippen molar-refractivity contribution in [2.75, 3.05) is 32.8 Å². The van der Waals surface area contributed by atoms with E-state index in [1.54, 1.807) is 0 Å². The molecule has 2 N–H and O–H groups in total. The lowest BCUT2D eigenvalue weighted by Crippen LogP contribution is -2.42. The highest BCUT2D eigenvalue weighted by molar-refractivity contribution is 4.94. The zero-order valence-corrected chi connectivity index (χ0v) is 11.1. The largest absolute Gasteiger partial charge is 0.380 e. The zero-order chi connectivity index (χ0) is 12.3. The highest BCUT2D eigenvalue weighted by atomic mass is 16.5. The topological polar surface area (TPSA) is 38.5 Å². The number of piperidine rings is 1. The minimum absolute atomic E-state index is 0.158. The van der Waals surface area contributed by atoms with Gasteiger partial charge in [-0.25, -0.2) is 0 Å². The molecule has 1 aliphatic heterocycles. The molecule has 1 saturated heterocycles. The molecule has 1 aliphatic rings. The fraction of sp³-hybridized carbons (Fsp3) is 0.857. The van der Waals surface area contributed by atoms with E-state index in [-0.39, 0.29) is 6.04 Å². The monoisotopic (exact) mass is 238 g/mol. The first-order valence-electron chi connectivity index (χ1n) is 6.78. The number of ether oxygens (including phenoxy) is 1. The Morgan fingerprint density at radius 1 is 1.29 bits per heavy atom. The third-order valence-corrected chi connectivity index (χ3v) is 3.04. The van der Waals surface area contributed by atoms with Gasteiger partial charge in [0.15, 0.2) is 0 Å². The van der Waals surface area contributed by atoms with Gasteiger partial charge in [-0.1, -0.05) is 6.42 Å². The summed E-state index contributed by atoms with van der Waals surface area (Å²) in [5.41, 5.74) is 6.05. The van der Waals surface area contributed by atoms with E-state index in [1.807, 2.05) is 6.92 Å². The molecule has 0 saturated carbocycles. The van der Waals surface area contributed by atoms with E-state index in [0.29, 0.717) is 6.61 Å². The van der Waals surface area contributed by atoms with Gasteiger partial charge in [0.05, 0.1) is 6.61 Å². The van der Waals surface area contributed by atoms with Crippen LogP contribution in [-0.2, 0) is 4.74 Å². The van der Waals surface area contributed by atoms with E-state index in [4.69, 9.17) is 10.5 Å². The van der Waals surface area contributed by atoms with E-state index < -0.39 is 0 Å². The number of unbranched alkanes of at least 4 members (excludes halogenated alkanes) is 1. The fourth-order valence-electron chi connectivity index (χ4n) is 2.15. The average Bonchev–Trinajstić information content (AvgIpc) is 2.35. The van der Waals surface area contributed by atoms with Crippen LogP contribution in [0, 0.1) is 11.8 Å². The van der Waals surface area contributed by atoms with Gasteiger partial charge >= 0.3 is 0 Å². The third-order valence-electron chi connectivity index (χ3n) is 3.04. The van der Waals surface area contributed by atoms with Gasteiger partial charge in [-0.2, -0.15) is 0 Å². The molecule has 0 spiro atoms. The van der Waals surface area contributed by atoms with Crippen molar-refractivity contribution in [2.45, 2.75) is 45.1 Å². The zero-order valence-electron chi connectivity index (χ0n) is 11.1. The Morgan fingerprint density at radius 2 is 2.06 bits per heavy atom. The van der Waals surface area contributed by atoms with Crippen LogP contribution < -0.4 is 5.73 Å². The van der Waals surface area contributed by atoms with Crippen LogP contribution in [0.25, 0.3) is 0 Å². The molecule has 0 radical (unpaired) electrons. The molecule has 98 valence electrons. The third kappa shape index (κ3) is 7.38. The van der Waals surface area contributed by atoms with Crippen LogP contribution in [0.4, 0.5) is 0 Å². The van der Waals surface area contributed by atoms with Crippen LogP contribution >= 0.6 is 0 Å². The van der Waals surface area contributed by atoms with Crippen molar-refractivity contribution in [1.82, 2.24) is 4.90 Å². The number of hydrogen-bond acceptors (Lipinski definition) is 3. The number of hydrogen-bond donors (Lipinski definition) is 1. The molecule has 0 amide bonds. The van der Waals surface area contributed by atoms with Crippen LogP contribution in [0.1, 0.15) is 39.0 Å². The summed E-state index contributed by atoms with van der Waals surface area (Å²) >= 11 is 0. The highest BCUT2D eigenvalue weighted by Gasteiger charge is 2.13. The van der Waals surface area contributed by atoms with Gasteiger partial charge in [0.25, 0.3) is 0 Å². The fourth-order valence-corrected chi connectivity index (χ4v) is 2.15.